The van der Waals surface area contributed by atoms with Crippen LogP contribution in [0.25, 0.3) is 0 Å². The monoisotopic (exact) mass is 346 g/mol. The van der Waals surface area contributed by atoms with Gasteiger partial charge in [0, 0.05) is 17.1 Å². The van der Waals surface area contributed by atoms with E-state index in [9.17, 15) is 9.59 Å². The summed E-state index contributed by atoms with van der Waals surface area (Å²) >= 11 is 0. The summed E-state index contributed by atoms with van der Waals surface area (Å²) in [6, 6.07) is 0. The van der Waals surface area contributed by atoms with Crippen LogP contribution in [0, 0.1) is 5.92 Å². The van der Waals surface area contributed by atoms with Crippen molar-refractivity contribution in [3.05, 3.63) is 24.3 Å². The topological polar surface area (TPSA) is 115 Å². The van der Waals surface area contributed by atoms with Gasteiger partial charge in [0.2, 0.25) is 0 Å². The molecule has 0 bridgehead atoms. The van der Waals surface area contributed by atoms with Crippen LogP contribution in [0.2, 0.25) is 0 Å². The number of carboxylic acids is 2. The van der Waals surface area contributed by atoms with Crippen molar-refractivity contribution < 1.29 is 30.0 Å². The van der Waals surface area contributed by atoms with Crippen LogP contribution in [-0.4, -0.2) is 38.7 Å². The first-order valence-electron chi connectivity index (χ1n) is 8.14. The molecule has 4 N–H and O–H groups in total. The van der Waals surface area contributed by atoms with E-state index in [2.05, 4.69) is 27.0 Å². The Balaban J connectivity index is -0.000000309. The summed E-state index contributed by atoms with van der Waals surface area (Å²) in [6.45, 7) is 13.4. The number of aliphatic hydroxyl groups excluding tert-OH is 1. The van der Waals surface area contributed by atoms with Gasteiger partial charge in [0.1, 0.15) is 0 Å². The number of hydrogen-bond donors (Lipinski definition) is 4. The van der Waals surface area contributed by atoms with Gasteiger partial charge in [-0.25, -0.2) is 9.59 Å². The standard InChI is InChI=1S/C10H22O2.2C4H6O2/c1-3-5-6-8-9(7-4-2)10(11)12;2*1-3(2)4(5)6/h9-12H,3-8H2,1-2H3;2*1H2,2H3,(H,5,6). The lowest BCUT2D eigenvalue weighted by molar-refractivity contribution is -0.133. The summed E-state index contributed by atoms with van der Waals surface area (Å²) < 4.78 is 0. The second-order valence-electron chi connectivity index (χ2n) is 5.63. The minimum absolute atomic E-state index is 0.0987. The Morgan fingerprint density at radius 3 is 1.42 bits per heavy atom. The average molecular weight is 346 g/mol. The Hall–Kier alpha value is -1.66. The van der Waals surface area contributed by atoms with Gasteiger partial charge >= 0.3 is 11.9 Å². The third kappa shape index (κ3) is 22.6. The molecule has 0 spiro atoms. The molecule has 0 amide bonds. The zero-order valence-corrected chi connectivity index (χ0v) is 15.4. The van der Waals surface area contributed by atoms with Gasteiger partial charge in [-0.15, -0.1) is 0 Å². The van der Waals surface area contributed by atoms with Gasteiger partial charge in [0.25, 0.3) is 0 Å². The fourth-order valence-electron chi connectivity index (χ4n) is 1.47. The van der Waals surface area contributed by atoms with Crippen molar-refractivity contribution in [3.8, 4) is 0 Å². The van der Waals surface area contributed by atoms with E-state index in [-0.39, 0.29) is 17.1 Å². The van der Waals surface area contributed by atoms with Gasteiger partial charge in [-0.3, -0.25) is 0 Å². The maximum atomic E-state index is 9.60. The van der Waals surface area contributed by atoms with Crippen LogP contribution >= 0.6 is 0 Å². The van der Waals surface area contributed by atoms with Crippen molar-refractivity contribution in [2.45, 2.75) is 72.5 Å². The fourth-order valence-corrected chi connectivity index (χ4v) is 1.47. The molecule has 0 aromatic heterocycles. The highest BCUT2D eigenvalue weighted by atomic mass is 16.5. The van der Waals surface area contributed by atoms with Crippen LogP contribution in [0.15, 0.2) is 24.3 Å². The Labute approximate surface area is 145 Å². The van der Waals surface area contributed by atoms with Crippen LogP contribution < -0.4 is 0 Å². The summed E-state index contributed by atoms with van der Waals surface area (Å²) in [5.41, 5.74) is 0.352. The molecular weight excluding hydrogens is 312 g/mol. The highest BCUT2D eigenvalue weighted by Crippen LogP contribution is 2.18. The van der Waals surface area contributed by atoms with Gasteiger partial charge in [0.15, 0.2) is 6.29 Å². The van der Waals surface area contributed by atoms with Gasteiger partial charge in [0.05, 0.1) is 0 Å². The van der Waals surface area contributed by atoms with E-state index < -0.39 is 18.2 Å². The van der Waals surface area contributed by atoms with E-state index in [1.54, 1.807) is 0 Å². The maximum Gasteiger partial charge on any atom is 0.330 e. The number of hydrogen-bond acceptors (Lipinski definition) is 4. The number of rotatable bonds is 9. The third-order valence-corrected chi connectivity index (χ3v) is 2.99. The summed E-state index contributed by atoms with van der Waals surface area (Å²) in [5.74, 6) is -1.77. The zero-order valence-electron chi connectivity index (χ0n) is 15.4. The molecule has 24 heavy (non-hydrogen) atoms. The first-order chi connectivity index (χ1) is 11.0. The fraction of sp³-hybridized carbons (Fsp3) is 0.667. The summed E-state index contributed by atoms with van der Waals surface area (Å²) in [5, 5.41) is 33.8. The molecule has 0 saturated heterocycles. The van der Waals surface area contributed by atoms with Gasteiger partial charge in [-0.2, -0.15) is 0 Å². The Morgan fingerprint density at radius 2 is 1.21 bits per heavy atom. The predicted molar refractivity (Wildman–Crippen MR) is 95.7 cm³/mol. The second-order valence-corrected chi connectivity index (χ2v) is 5.63. The van der Waals surface area contributed by atoms with Gasteiger partial charge in [-0.1, -0.05) is 52.7 Å². The minimum Gasteiger partial charge on any atom is -0.478 e. The molecule has 142 valence electrons. The molecule has 6 nitrogen and oxygen atoms in total. The van der Waals surface area contributed by atoms with Crippen LogP contribution in [0.5, 0.6) is 0 Å². The first-order valence-corrected chi connectivity index (χ1v) is 8.14. The van der Waals surface area contributed by atoms with Crippen LogP contribution in [0.4, 0.5) is 0 Å². The van der Waals surface area contributed by atoms with E-state index in [0.29, 0.717) is 0 Å². The molecule has 0 aliphatic rings. The number of aliphatic carboxylic acids is 2. The Morgan fingerprint density at radius 1 is 0.833 bits per heavy atom. The molecular formula is C18H34O6. The lowest BCUT2D eigenvalue weighted by atomic mass is 9.96. The van der Waals surface area contributed by atoms with Crippen molar-refractivity contribution in [1.29, 1.82) is 0 Å². The largest absolute Gasteiger partial charge is 0.478 e. The molecule has 0 aliphatic carbocycles. The molecule has 0 fully saturated rings. The SMILES string of the molecule is C=C(C)C(=O)O.C=C(C)C(=O)O.CCCCCC(CCC)C(O)O. The number of carbonyl (C=O) groups is 2. The van der Waals surface area contributed by atoms with Crippen LogP contribution in [-0.2, 0) is 9.59 Å². The Bertz CT molecular complexity index is 326. The molecule has 0 aromatic rings. The van der Waals surface area contributed by atoms with E-state index in [1.165, 1.54) is 26.7 Å². The van der Waals surface area contributed by atoms with Crippen molar-refractivity contribution >= 4 is 11.9 Å². The van der Waals surface area contributed by atoms with E-state index in [1.807, 2.05) is 0 Å². The summed E-state index contributed by atoms with van der Waals surface area (Å²) in [4.78, 5) is 19.2. The van der Waals surface area contributed by atoms with Crippen molar-refractivity contribution in [2.24, 2.45) is 5.92 Å². The van der Waals surface area contributed by atoms with E-state index in [0.717, 1.165) is 25.7 Å². The van der Waals surface area contributed by atoms with Gasteiger partial charge < -0.3 is 20.4 Å². The smallest absolute Gasteiger partial charge is 0.330 e. The molecule has 0 radical (unpaired) electrons. The van der Waals surface area contributed by atoms with Crippen LogP contribution in [0.1, 0.15) is 66.2 Å². The molecule has 0 heterocycles. The lowest BCUT2D eigenvalue weighted by Gasteiger charge is -2.17. The number of unbranched alkanes of at least 4 members (excludes halogenated alkanes) is 2. The molecule has 1 atom stereocenters. The van der Waals surface area contributed by atoms with E-state index in [4.69, 9.17) is 20.4 Å². The quantitative estimate of drug-likeness (QED) is 0.288. The highest BCUT2D eigenvalue weighted by Gasteiger charge is 2.14. The summed E-state index contributed by atoms with van der Waals surface area (Å²) in [7, 11) is 0. The summed E-state index contributed by atoms with van der Waals surface area (Å²) in [6.07, 6.45) is 5.34. The number of aliphatic hydroxyl groups is 2. The first kappa shape index (κ1) is 27.2. The second kappa shape index (κ2) is 17.7. The minimum atomic E-state index is -1.11. The lowest BCUT2D eigenvalue weighted by Crippen LogP contribution is -2.19. The van der Waals surface area contributed by atoms with Crippen molar-refractivity contribution in [2.75, 3.05) is 0 Å². The molecule has 0 aliphatic heterocycles. The Kier molecular flexibility index (Phi) is 20.0. The van der Waals surface area contributed by atoms with E-state index >= 15 is 0 Å². The van der Waals surface area contributed by atoms with Crippen LogP contribution in [0.3, 0.4) is 0 Å². The van der Waals surface area contributed by atoms with Crippen molar-refractivity contribution in [3.63, 3.8) is 0 Å². The molecule has 0 saturated carbocycles. The molecule has 0 rings (SSSR count). The average Bonchev–Trinajstić information content (AvgIpc) is 2.47. The zero-order chi connectivity index (χ0) is 19.7. The molecule has 0 aromatic carbocycles. The molecule has 6 heteroatoms. The normalized spacial score (nSPS) is 10.6. The van der Waals surface area contributed by atoms with Crippen molar-refractivity contribution in [1.82, 2.24) is 0 Å². The third-order valence-electron chi connectivity index (χ3n) is 2.99. The number of carboxylic acid groups (broad SMARTS) is 2. The maximum absolute atomic E-state index is 9.60. The highest BCUT2D eigenvalue weighted by molar-refractivity contribution is 5.85. The molecule has 1 unspecified atom stereocenters. The van der Waals surface area contributed by atoms with Gasteiger partial charge in [-0.05, 0) is 26.7 Å². The predicted octanol–water partition coefficient (Wildman–Crippen LogP) is 3.59.